The average Bonchev–Trinajstić information content (AvgIpc) is 3.10. The summed E-state index contributed by atoms with van der Waals surface area (Å²) in [5.74, 6) is 0.551. The minimum absolute atomic E-state index is 0.209. The fraction of sp³-hybridized carbons (Fsp3) is 0.318. The van der Waals surface area contributed by atoms with Crippen LogP contribution in [0.4, 0.5) is 5.69 Å². The van der Waals surface area contributed by atoms with Gasteiger partial charge in [0.05, 0.1) is 11.6 Å². The van der Waals surface area contributed by atoms with E-state index in [1.54, 1.807) is 12.1 Å². The van der Waals surface area contributed by atoms with E-state index >= 15 is 0 Å². The molecule has 0 saturated carbocycles. The highest BCUT2D eigenvalue weighted by Gasteiger charge is 2.37. The topological polar surface area (TPSA) is 49.3 Å². The molecule has 2 aromatic carbocycles. The summed E-state index contributed by atoms with van der Waals surface area (Å²) < 4.78 is 0. The molecule has 2 aromatic rings. The van der Waals surface area contributed by atoms with E-state index in [1.165, 1.54) is 16.8 Å². The Morgan fingerprint density at radius 3 is 2.60 bits per heavy atom. The molecule has 0 unspecified atom stereocenters. The van der Waals surface area contributed by atoms with E-state index in [9.17, 15) is 4.79 Å². The number of aromatic carboxylic acids is 1. The Morgan fingerprint density at radius 1 is 1.16 bits per heavy atom. The third kappa shape index (κ3) is 2.74. The van der Waals surface area contributed by atoms with Crippen LogP contribution in [-0.2, 0) is 0 Å². The van der Waals surface area contributed by atoms with Gasteiger partial charge in [-0.15, -0.1) is 0 Å². The Balaban J connectivity index is 1.71. The van der Waals surface area contributed by atoms with Gasteiger partial charge in [-0.25, -0.2) is 4.79 Å². The van der Waals surface area contributed by atoms with Crippen molar-refractivity contribution in [2.45, 2.75) is 38.1 Å². The second-order valence-electron chi connectivity index (χ2n) is 7.40. The first kappa shape index (κ1) is 15.9. The summed E-state index contributed by atoms with van der Waals surface area (Å²) in [6, 6.07) is 14.3. The van der Waals surface area contributed by atoms with Gasteiger partial charge in [-0.3, -0.25) is 0 Å². The highest BCUT2D eigenvalue weighted by molar-refractivity contribution is 5.87. The number of carbonyl (C=O) groups is 1. The van der Waals surface area contributed by atoms with Crippen molar-refractivity contribution in [3.63, 3.8) is 0 Å². The smallest absolute Gasteiger partial charge is 0.335 e. The fourth-order valence-corrected chi connectivity index (χ4v) is 4.14. The van der Waals surface area contributed by atoms with Gasteiger partial charge in [0.2, 0.25) is 0 Å². The van der Waals surface area contributed by atoms with Crippen LogP contribution in [0.5, 0.6) is 0 Å². The summed E-state index contributed by atoms with van der Waals surface area (Å²) in [5, 5.41) is 12.8. The molecule has 25 heavy (non-hydrogen) atoms. The molecule has 0 amide bonds. The number of carboxylic acids is 1. The van der Waals surface area contributed by atoms with Crippen LogP contribution in [0.15, 0.2) is 54.6 Å². The lowest BCUT2D eigenvalue weighted by Gasteiger charge is -2.38. The van der Waals surface area contributed by atoms with Crippen LogP contribution in [0.25, 0.3) is 0 Å². The molecule has 3 atom stereocenters. The molecule has 3 nitrogen and oxygen atoms in total. The van der Waals surface area contributed by atoms with E-state index in [1.807, 2.05) is 12.1 Å². The molecular weight excluding hydrogens is 310 g/mol. The van der Waals surface area contributed by atoms with Crippen LogP contribution in [0.1, 0.15) is 65.2 Å². The van der Waals surface area contributed by atoms with Crippen LogP contribution in [0.2, 0.25) is 0 Å². The maximum absolute atomic E-state index is 11.1. The van der Waals surface area contributed by atoms with Gasteiger partial charge in [-0.05, 0) is 53.1 Å². The minimum Gasteiger partial charge on any atom is -0.478 e. The first-order valence-electron chi connectivity index (χ1n) is 8.95. The SMILES string of the molecule is CC(C)c1ccc2c(c1)[C@H]1C=CC[C@H]1[C@H](c1ccc(C(=O)O)cc1)N2. The summed E-state index contributed by atoms with van der Waals surface area (Å²) >= 11 is 0. The van der Waals surface area contributed by atoms with Crippen molar-refractivity contribution in [3.8, 4) is 0 Å². The van der Waals surface area contributed by atoms with Gasteiger partial charge >= 0.3 is 5.97 Å². The van der Waals surface area contributed by atoms with Crippen molar-refractivity contribution in [1.82, 2.24) is 0 Å². The number of hydrogen-bond acceptors (Lipinski definition) is 2. The van der Waals surface area contributed by atoms with Gasteiger partial charge in [0.15, 0.2) is 0 Å². The zero-order valence-electron chi connectivity index (χ0n) is 14.6. The zero-order chi connectivity index (χ0) is 17.6. The van der Waals surface area contributed by atoms with Gasteiger partial charge in [0.1, 0.15) is 0 Å². The van der Waals surface area contributed by atoms with Crippen LogP contribution in [-0.4, -0.2) is 11.1 Å². The Hall–Kier alpha value is -2.55. The molecule has 0 spiro atoms. The average molecular weight is 333 g/mol. The third-order valence-corrected chi connectivity index (χ3v) is 5.57. The number of anilines is 1. The van der Waals surface area contributed by atoms with Gasteiger partial charge in [0.25, 0.3) is 0 Å². The first-order valence-corrected chi connectivity index (χ1v) is 8.95. The number of carboxylic acid groups (broad SMARTS) is 1. The number of nitrogens with one attached hydrogen (secondary N) is 1. The number of benzene rings is 2. The third-order valence-electron chi connectivity index (χ3n) is 5.57. The monoisotopic (exact) mass is 333 g/mol. The van der Waals surface area contributed by atoms with Crippen molar-refractivity contribution in [3.05, 3.63) is 76.9 Å². The standard InChI is InChI=1S/C22H23NO2/c1-13(2)16-10-11-20-19(12-16)17-4-3-5-18(17)21(23-20)14-6-8-15(9-7-14)22(24)25/h3-4,6-13,17-18,21,23H,5H2,1-2H3,(H,24,25)/t17-,18+,21-/m0/s1. The minimum atomic E-state index is -0.880. The summed E-state index contributed by atoms with van der Waals surface area (Å²) in [4.78, 5) is 11.1. The number of allylic oxidation sites excluding steroid dienone is 2. The molecular formula is C22H23NO2. The van der Waals surface area contributed by atoms with Crippen molar-refractivity contribution in [2.24, 2.45) is 5.92 Å². The lowest BCUT2D eigenvalue weighted by molar-refractivity contribution is 0.0697. The van der Waals surface area contributed by atoms with Crippen molar-refractivity contribution < 1.29 is 9.90 Å². The largest absolute Gasteiger partial charge is 0.478 e. The molecule has 128 valence electrons. The highest BCUT2D eigenvalue weighted by atomic mass is 16.4. The molecule has 4 rings (SSSR count). The van der Waals surface area contributed by atoms with Crippen molar-refractivity contribution in [2.75, 3.05) is 5.32 Å². The summed E-state index contributed by atoms with van der Waals surface area (Å²) in [6.45, 7) is 4.46. The van der Waals surface area contributed by atoms with E-state index in [2.05, 4.69) is 49.5 Å². The van der Waals surface area contributed by atoms with Gasteiger partial charge in [-0.2, -0.15) is 0 Å². The molecule has 2 N–H and O–H groups in total. The fourth-order valence-electron chi connectivity index (χ4n) is 4.14. The van der Waals surface area contributed by atoms with E-state index in [-0.39, 0.29) is 6.04 Å². The van der Waals surface area contributed by atoms with Crippen molar-refractivity contribution >= 4 is 11.7 Å². The molecule has 1 aliphatic heterocycles. The normalized spacial score (nSPS) is 23.9. The highest BCUT2D eigenvalue weighted by Crippen LogP contribution is 2.50. The summed E-state index contributed by atoms with van der Waals surface area (Å²) in [7, 11) is 0. The predicted octanol–water partition coefficient (Wildman–Crippen LogP) is 5.33. The maximum Gasteiger partial charge on any atom is 0.335 e. The molecule has 0 aromatic heterocycles. The van der Waals surface area contributed by atoms with Crippen LogP contribution in [0, 0.1) is 5.92 Å². The lowest BCUT2D eigenvalue weighted by Crippen LogP contribution is -2.29. The number of rotatable bonds is 3. The second kappa shape index (κ2) is 6.07. The Kier molecular flexibility index (Phi) is 3.87. The van der Waals surface area contributed by atoms with E-state index in [0.29, 0.717) is 23.3 Å². The van der Waals surface area contributed by atoms with Gasteiger partial charge in [-0.1, -0.05) is 50.3 Å². The van der Waals surface area contributed by atoms with Gasteiger partial charge in [0, 0.05) is 11.6 Å². The quantitative estimate of drug-likeness (QED) is 0.746. The Labute approximate surface area is 148 Å². The predicted molar refractivity (Wildman–Crippen MR) is 100 cm³/mol. The second-order valence-corrected chi connectivity index (χ2v) is 7.40. The molecule has 1 aliphatic carbocycles. The molecule has 0 radical (unpaired) electrons. The molecule has 2 aliphatic rings. The molecule has 0 saturated heterocycles. The zero-order valence-corrected chi connectivity index (χ0v) is 14.6. The molecule has 3 heteroatoms. The molecule has 1 heterocycles. The first-order chi connectivity index (χ1) is 12.0. The lowest BCUT2D eigenvalue weighted by atomic mass is 9.76. The summed E-state index contributed by atoms with van der Waals surface area (Å²) in [6.07, 6.45) is 5.67. The van der Waals surface area contributed by atoms with Crippen molar-refractivity contribution in [1.29, 1.82) is 0 Å². The summed E-state index contributed by atoms with van der Waals surface area (Å²) in [5.41, 5.74) is 5.46. The van der Waals surface area contributed by atoms with Crippen LogP contribution >= 0.6 is 0 Å². The van der Waals surface area contributed by atoms with Gasteiger partial charge < -0.3 is 10.4 Å². The van der Waals surface area contributed by atoms with E-state index in [0.717, 1.165) is 12.0 Å². The molecule has 0 bridgehead atoms. The van der Waals surface area contributed by atoms with Crippen LogP contribution < -0.4 is 5.32 Å². The number of fused-ring (bicyclic) bond motifs is 3. The van der Waals surface area contributed by atoms with Crippen LogP contribution in [0.3, 0.4) is 0 Å². The number of hydrogen-bond donors (Lipinski definition) is 2. The van der Waals surface area contributed by atoms with E-state index in [4.69, 9.17) is 5.11 Å². The van der Waals surface area contributed by atoms with E-state index < -0.39 is 5.97 Å². The maximum atomic E-state index is 11.1. The molecule has 0 fully saturated rings. The Bertz CT molecular complexity index is 836. The Morgan fingerprint density at radius 2 is 1.92 bits per heavy atom.